The monoisotopic (exact) mass is 364 g/mol. The van der Waals surface area contributed by atoms with Crippen molar-refractivity contribution in [1.82, 2.24) is 9.80 Å². The molecule has 0 unspecified atom stereocenters. The van der Waals surface area contributed by atoms with Crippen LogP contribution in [0.3, 0.4) is 0 Å². The third kappa shape index (κ3) is 3.79. The number of fused-ring (bicyclic) bond motifs is 1. The molecule has 26 heavy (non-hydrogen) atoms. The topological polar surface area (TPSA) is 71.5 Å². The molecule has 1 aromatic carbocycles. The first kappa shape index (κ1) is 18.9. The summed E-state index contributed by atoms with van der Waals surface area (Å²) in [4.78, 5) is 16.8. The van der Waals surface area contributed by atoms with Gasteiger partial charge in [0.15, 0.2) is 11.5 Å². The van der Waals surface area contributed by atoms with E-state index in [4.69, 9.17) is 14.2 Å². The molecule has 2 heterocycles. The maximum Gasteiger partial charge on any atom is 0.244 e. The molecule has 0 bridgehead atoms. The van der Waals surface area contributed by atoms with Crippen molar-refractivity contribution in [2.24, 2.45) is 5.41 Å². The molecular weight excluding hydrogens is 336 g/mol. The minimum absolute atomic E-state index is 0.00631. The van der Waals surface area contributed by atoms with Crippen LogP contribution in [0.25, 0.3) is 0 Å². The number of nitrogens with zero attached hydrogens (tertiary/aromatic N) is 2. The number of aliphatic hydroxyl groups is 1. The minimum atomic E-state index is -0.426. The van der Waals surface area contributed by atoms with E-state index in [0.29, 0.717) is 31.3 Å². The maximum absolute atomic E-state index is 13.2. The van der Waals surface area contributed by atoms with E-state index >= 15 is 0 Å². The molecule has 7 nitrogen and oxygen atoms in total. The highest BCUT2D eigenvalue weighted by Crippen LogP contribution is 2.36. The van der Waals surface area contributed by atoms with Crippen LogP contribution in [0.15, 0.2) is 18.2 Å². The Hall–Kier alpha value is -1.83. The Morgan fingerprint density at radius 2 is 1.88 bits per heavy atom. The summed E-state index contributed by atoms with van der Waals surface area (Å²) in [6, 6.07) is 5.19. The number of hydrogen-bond donors (Lipinski definition) is 1. The molecule has 0 aliphatic carbocycles. The zero-order valence-corrected chi connectivity index (χ0v) is 15.7. The molecule has 3 rings (SSSR count). The normalized spacial score (nSPS) is 19.4. The molecule has 2 aliphatic heterocycles. The lowest BCUT2D eigenvalue weighted by Crippen LogP contribution is -2.47. The smallest absolute Gasteiger partial charge is 0.244 e. The minimum Gasteiger partial charge on any atom is -0.454 e. The number of carbonyl (C=O) groups is 1. The second kappa shape index (κ2) is 7.82. The molecule has 2 aliphatic rings. The van der Waals surface area contributed by atoms with Gasteiger partial charge in [0.1, 0.15) is 6.04 Å². The molecule has 144 valence electrons. The summed E-state index contributed by atoms with van der Waals surface area (Å²) in [6.45, 7) is 2.04. The van der Waals surface area contributed by atoms with Crippen molar-refractivity contribution in [2.75, 3.05) is 54.3 Å². The number of hydrogen-bond acceptors (Lipinski definition) is 6. The van der Waals surface area contributed by atoms with E-state index in [9.17, 15) is 9.90 Å². The lowest BCUT2D eigenvalue weighted by atomic mass is 9.80. The van der Waals surface area contributed by atoms with E-state index in [1.165, 1.54) is 0 Å². The predicted octanol–water partition coefficient (Wildman–Crippen LogP) is 1.27. The van der Waals surface area contributed by atoms with Crippen LogP contribution in [0.1, 0.15) is 24.4 Å². The van der Waals surface area contributed by atoms with Crippen LogP contribution in [0.2, 0.25) is 0 Å². The summed E-state index contributed by atoms with van der Waals surface area (Å²) in [7, 11) is 5.58. The van der Waals surface area contributed by atoms with Gasteiger partial charge in [0.05, 0.1) is 6.61 Å². The molecule has 1 aromatic rings. The lowest BCUT2D eigenvalue weighted by molar-refractivity contribution is -0.138. The molecule has 0 saturated carbocycles. The number of carbonyl (C=O) groups excluding carboxylic acids is 1. The summed E-state index contributed by atoms with van der Waals surface area (Å²) < 4.78 is 16.2. The summed E-state index contributed by atoms with van der Waals surface area (Å²) >= 11 is 0. The SMILES string of the molecule is CN(CC1(CO)CCOCC1)C(=O)[C@@H](c1ccc2c(c1)OCO2)N(C)C. The molecular formula is C19H28N2O5. The highest BCUT2D eigenvalue weighted by Gasteiger charge is 2.36. The number of likely N-dealkylation sites (N-methyl/N-ethyl adjacent to an activating group) is 2. The van der Waals surface area contributed by atoms with E-state index in [0.717, 1.165) is 18.4 Å². The Balaban J connectivity index is 1.78. The van der Waals surface area contributed by atoms with E-state index in [1.54, 1.807) is 11.9 Å². The quantitative estimate of drug-likeness (QED) is 0.820. The van der Waals surface area contributed by atoms with Gasteiger partial charge >= 0.3 is 0 Å². The Bertz CT molecular complexity index is 643. The van der Waals surface area contributed by atoms with E-state index in [-0.39, 0.29) is 24.7 Å². The third-order valence-electron chi connectivity index (χ3n) is 5.30. The third-order valence-corrected chi connectivity index (χ3v) is 5.30. The van der Waals surface area contributed by atoms with Crippen molar-refractivity contribution in [3.63, 3.8) is 0 Å². The maximum atomic E-state index is 13.2. The number of amides is 1. The van der Waals surface area contributed by atoms with Gasteiger partial charge in [-0.25, -0.2) is 0 Å². The fourth-order valence-electron chi connectivity index (χ4n) is 3.71. The molecule has 1 saturated heterocycles. The van der Waals surface area contributed by atoms with E-state index < -0.39 is 6.04 Å². The second-order valence-electron chi connectivity index (χ2n) is 7.44. The van der Waals surface area contributed by atoms with Crippen LogP contribution in [-0.2, 0) is 9.53 Å². The predicted molar refractivity (Wildman–Crippen MR) is 96.2 cm³/mol. The van der Waals surface area contributed by atoms with Gasteiger partial charge in [-0.15, -0.1) is 0 Å². The van der Waals surface area contributed by atoms with Gasteiger partial charge in [0.25, 0.3) is 0 Å². The summed E-state index contributed by atoms with van der Waals surface area (Å²) in [5.74, 6) is 1.36. The lowest BCUT2D eigenvalue weighted by Gasteiger charge is -2.40. The van der Waals surface area contributed by atoms with Crippen LogP contribution >= 0.6 is 0 Å². The zero-order valence-electron chi connectivity index (χ0n) is 15.7. The van der Waals surface area contributed by atoms with Crippen LogP contribution in [0.4, 0.5) is 0 Å². The first-order chi connectivity index (χ1) is 12.5. The summed E-state index contributed by atoms with van der Waals surface area (Å²) in [5.41, 5.74) is 0.579. The number of ether oxygens (including phenoxy) is 3. The Morgan fingerprint density at radius 3 is 2.54 bits per heavy atom. The van der Waals surface area contributed by atoms with Crippen molar-refractivity contribution >= 4 is 5.91 Å². The standard InChI is InChI=1S/C19H28N2O5/c1-20(2)17(14-4-5-15-16(10-14)26-13-25-15)18(23)21(3)11-19(12-22)6-8-24-9-7-19/h4-5,10,17,22H,6-9,11-13H2,1-3H3/t17-/m1/s1. The zero-order chi connectivity index (χ0) is 18.7. The summed E-state index contributed by atoms with van der Waals surface area (Å²) in [5, 5.41) is 9.91. The Labute approximate surface area is 154 Å². The van der Waals surface area contributed by atoms with Crippen molar-refractivity contribution in [1.29, 1.82) is 0 Å². The summed E-state index contributed by atoms with van der Waals surface area (Å²) in [6.07, 6.45) is 1.52. The average molecular weight is 364 g/mol. The van der Waals surface area contributed by atoms with Gasteiger partial charge in [0.2, 0.25) is 12.7 Å². The van der Waals surface area contributed by atoms with E-state index in [2.05, 4.69) is 0 Å². The molecule has 1 amide bonds. The van der Waals surface area contributed by atoms with Gasteiger partial charge in [-0.1, -0.05) is 6.07 Å². The molecule has 1 N–H and O–H groups in total. The molecule has 0 radical (unpaired) electrons. The number of rotatable bonds is 6. The molecule has 7 heteroatoms. The fraction of sp³-hybridized carbons (Fsp3) is 0.632. The molecule has 0 spiro atoms. The van der Waals surface area contributed by atoms with Gasteiger partial charge in [0, 0.05) is 32.2 Å². The van der Waals surface area contributed by atoms with Gasteiger partial charge in [-0.2, -0.15) is 0 Å². The van der Waals surface area contributed by atoms with Gasteiger partial charge in [-0.05, 0) is 44.6 Å². The number of aliphatic hydroxyl groups excluding tert-OH is 1. The fourth-order valence-corrected chi connectivity index (χ4v) is 3.71. The second-order valence-corrected chi connectivity index (χ2v) is 7.44. The molecule has 0 aromatic heterocycles. The van der Waals surface area contributed by atoms with E-state index in [1.807, 2.05) is 37.2 Å². The average Bonchev–Trinajstić information content (AvgIpc) is 3.10. The van der Waals surface area contributed by atoms with Crippen molar-refractivity contribution in [2.45, 2.75) is 18.9 Å². The highest BCUT2D eigenvalue weighted by molar-refractivity contribution is 5.83. The first-order valence-corrected chi connectivity index (χ1v) is 8.95. The largest absolute Gasteiger partial charge is 0.454 e. The van der Waals surface area contributed by atoms with Crippen LogP contribution < -0.4 is 9.47 Å². The van der Waals surface area contributed by atoms with Gasteiger partial charge in [-0.3, -0.25) is 9.69 Å². The molecule has 1 fully saturated rings. The Morgan fingerprint density at radius 1 is 1.19 bits per heavy atom. The van der Waals surface area contributed by atoms with Crippen molar-refractivity contribution < 1.29 is 24.1 Å². The van der Waals surface area contributed by atoms with Gasteiger partial charge < -0.3 is 24.2 Å². The van der Waals surface area contributed by atoms with Crippen molar-refractivity contribution in [3.8, 4) is 11.5 Å². The van der Waals surface area contributed by atoms with Crippen LogP contribution in [-0.4, -0.2) is 75.1 Å². The van der Waals surface area contributed by atoms with Crippen LogP contribution in [0, 0.1) is 5.41 Å². The molecule has 1 atom stereocenters. The highest BCUT2D eigenvalue weighted by atomic mass is 16.7. The van der Waals surface area contributed by atoms with Crippen LogP contribution in [0.5, 0.6) is 11.5 Å². The Kier molecular flexibility index (Phi) is 5.70. The van der Waals surface area contributed by atoms with Crippen molar-refractivity contribution in [3.05, 3.63) is 23.8 Å². The number of benzene rings is 1. The first-order valence-electron chi connectivity index (χ1n) is 8.95.